The minimum atomic E-state index is 0.0155. The van der Waals surface area contributed by atoms with Crippen molar-refractivity contribution in [1.82, 2.24) is 5.32 Å². The van der Waals surface area contributed by atoms with Crippen molar-refractivity contribution < 1.29 is 5.11 Å². The summed E-state index contributed by atoms with van der Waals surface area (Å²) < 4.78 is 0. The van der Waals surface area contributed by atoms with E-state index in [9.17, 15) is 5.11 Å². The Hall–Kier alpha value is -1.80. The number of hydrogen-bond acceptors (Lipinski definition) is 2. The highest BCUT2D eigenvalue weighted by atomic mass is 16.3. The molecule has 0 spiro atoms. The Labute approximate surface area is 132 Å². The maximum absolute atomic E-state index is 9.99. The molecule has 2 N–H and O–H groups in total. The number of aliphatic hydroxyl groups excluding tert-OH is 1. The van der Waals surface area contributed by atoms with Crippen molar-refractivity contribution in [3.8, 4) is 0 Å². The van der Waals surface area contributed by atoms with Crippen LogP contribution in [0, 0.1) is 11.8 Å². The molecular weight excluding hydrogens is 270 g/mol. The van der Waals surface area contributed by atoms with Gasteiger partial charge < -0.3 is 10.4 Å². The maximum Gasteiger partial charge on any atom is 0.102 e. The maximum atomic E-state index is 9.99. The standard InChI is InChI=1S/C20H23NO/c1-13(22)20-18-9-5-8-16(18)17-11-10-15(12-19(17)21-20)14-6-3-2-4-7-14/h2-3,5-6,8,10-11,16,18-22H,1,4,7,9,12H2. The van der Waals surface area contributed by atoms with E-state index in [0.717, 1.165) is 25.7 Å². The van der Waals surface area contributed by atoms with Crippen LogP contribution < -0.4 is 5.32 Å². The minimum absolute atomic E-state index is 0.0155. The monoisotopic (exact) mass is 293 g/mol. The molecule has 2 heteroatoms. The molecule has 0 aromatic carbocycles. The third-order valence-corrected chi connectivity index (χ3v) is 5.50. The van der Waals surface area contributed by atoms with Gasteiger partial charge in [0.2, 0.25) is 0 Å². The minimum Gasteiger partial charge on any atom is -0.511 e. The van der Waals surface area contributed by atoms with E-state index in [4.69, 9.17) is 0 Å². The smallest absolute Gasteiger partial charge is 0.102 e. The summed E-state index contributed by atoms with van der Waals surface area (Å²) >= 11 is 0. The van der Waals surface area contributed by atoms with Crippen LogP contribution in [0.4, 0.5) is 0 Å². The molecule has 4 aliphatic rings. The SMILES string of the molecule is C=C(O)C1NC2CC(C3=CC=CCC3)=CC=C2C2C=CCC21. The van der Waals surface area contributed by atoms with E-state index < -0.39 is 0 Å². The summed E-state index contributed by atoms with van der Waals surface area (Å²) in [6, 6.07) is 0.339. The topological polar surface area (TPSA) is 32.3 Å². The van der Waals surface area contributed by atoms with Gasteiger partial charge in [0.05, 0.1) is 6.04 Å². The van der Waals surface area contributed by atoms with E-state index in [2.05, 4.69) is 54.4 Å². The van der Waals surface area contributed by atoms with E-state index in [1.165, 1.54) is 16.7 Å². The predicted molar refractivity (Wildman–Crippen MR) is 90.5 cm³/mol. The van der Waals surface area contributed by atoms with Crippen molar-refractivity contribution >= 4 is 0 Å². The first-order valence-corrected chi connectivity index (χ1v) is 8.31. The molecule has 0 bridgehead atoms. The average Bonchev–Trinajstić information content (AvgIpc) is 3.04. The molecule has 4 unspecified atom stereocenters. The lowest BCUT2D eigenvalue weighted by Gasteiger charge is -2.43. The first-order valence-electron chi connectivity index (χ1n) is 8.31. The van der Waals surface area contributed by atoms with Crippen LogP contribution in [0.15, 0.2) is 71.6 Å². The van der Waals surface area contributed by atoms with Gasteiger partial charge in [0.25, 0.3) is 0 Å². The summed E-state index contributed by atoms with van der Waals surface area (Å²) in [6.45, 7) is 3.80. The second-order valence-electron chi connectivity index (χ2n) is 6.76. The highest BCUT2D eigenvalue weighted by Crippen LogP contribution is 2.44. The van der Waals surface area contributed by atoms with Gasteiger partial charge in [0.15, 0.2) is 0 Å². The lowest BCUT2D eigenvalue weighted by molar-refractivity contribution is 0.216. The zero-order valence-corrected chi connectivity index (χ0v) is 12.8. The Morgan fingerprint density at radius 1 is 1.18 bits per heavy atom. The molecule has 3 aliphatic carbocycles. The van der Waals surface area contributed by atoms with E-state index in [0.29, 0.717) is 17.9 Å². The fourth-order valence-corrected chi connectivity index (χ4v) is 4.38. The first-order chi connectivity index (χ1) is 10.7. The molecule has 0 aromatic heterocycles. The molecule has 0 radical (unpaired) electrons. The zero-order chi connectivity index (χ0) is 15.1. The van der Waals surface area contributed by atoms with Gasteiger partial charge in [0.1, 0.15) is 5.76 Å². The van der Waals surface area contributed by atoms with Crippen molar-refractivity contribution in [2.75, 3.05) is 0 Å². The largest absolute Gasteiger partial charge is 0.511 e. The lowest BCUT2D eigenvalue weighted by Crippen LogP contribution is -2.53. The van der Waals surface area contributed by atoms with Gasteiger partial charge >= 0.3 is 0 Å². The molecular formula is C20H23NO. The Balaban J connectivity index is 1.65. The Kier molecular flexibility index (Phi) is 3.42. The molecule has 114 valence electrons. The number of nitrogens with one attached hydrogen (secondary N) is 1. The Morgan fingerprint density at radius 3 is 2.86 bits per heavy atom. The highest BCUT2D eigenvalue weighted by Gasteiger charge is 2.43. The van der Waals surface area contributed by atoms with Crippen molar-refractivity contribution in [1.29, 1.82) is 0 Å². The van der Waals surface area contributed by atoms with Crippen molar-refractivity contribution in [3.05, 3.63) is 71.6 Å². The van der Waals surface area contributed by atoms with Gasteiger partial charge in [-0.3, -0.25) is 0 Å². The third kappa shape index (κ3) is 2.22. The van der Waals surface area contributed by atoms with E-state index >= 15 is 0 Å². The van der Waals surface area contributed by atoms with Crippen LogP contribution in [0.2, 0.25) is 0 Å². The second-order valence-corrected chi connectivity index (χ2v) is 6.76. The molecule has 1 fully saturated rings. The van der Waals surface area contributed by atoms with Crippen molar-refractivity contribution in [3.63, 3.8) is 0 Å². The molecule has 0 saturated carbocycles. The number of allylic oxidation sites excluding steroid dienone is 8. The molecule has 1 saturated heterocycles. The van der Waals surface area contributed by atoms with Gasteiger partial charge in [-0.05, 0) is 48.3 Å². The van der Waals surface area contributed by atoms with Crippen LogP contribution in [-0.2, 0) is 0 Å². The second kappa shape index (κ2) is 5.44. The van der Waals surface area contributed by atoms with E-state index in [-0.39, 0.29) is 11.8 Å². The van der Waals surface area contributed by atoms with Crippen LogP contribution in [0.1, 0.15) is 25.7 Å². The summed E-state index contributed by atoms with van der Waals surface area (Å²) in [7, 11) is 0. The molecule has 1 aliphatic heterocycles. The summed E-state index contributed by atoms with van der Waals surface area (Å²) in [5, 5.41) is 13.6. The Morgan fingerprint density at radius 2 is 2.09 bits per heavy atom. The van der Waals surface area contributed by atoms with Gasteiger partial charge in [-0.15, -0.1) is 0 Å². The fraction of sp³-hybridized carbons (Fsp3) is 0.400. The van der Waals surface area contributed by atoms with Gasteiger partial charge in [-0.2, -0.15) is 0 Å². The van der Waals surface area contributed by atoms with Crippen LogP contribution >= 0.6 is 0 Å². The third-order valence-electron chi connectivity index (χ3n) is 5.50. The number of piperidine rings is 1. The molecule has 0 aromatic rings. The molecule has 22 heavy (non-hydrogen) atoms. The number of hydrogen-bond donors (Lipinski definition) is 2. The zero-order valence-electron chi connectivity index (χ0n) is 12.8. The van der Waals surface area contributed by atoms with E-state index in [1.54, 1.807) is 0 Å². The molecule has 1 heterocycles. The fourth-order valence-electron chi connectivity index (χ4n) is 4.38. The number of fused-ring (bicyclic) bond motifs is 3. The quantitative estimate of drug-likeness (QED) is 0.593. The molecule has 0 amide bonds. The summed E-state index contributed by atoms with van der Waals surface area (Å²) in [5.74, 6) is 1.17. The van der Waals surface area contributed by atoms with Crippen LogP contribution in [0.3, 0.4) is 0 Å². The van der Waals surface area contributed by atoms with Crippen molar-refractivity contribution in [2.24, 2.45) is 11.8 Å². The van der Waals surface area contributed by atoms with Gasteiger partial charge in [-0.25, -0.2) is 0 Å². The summed E-state index contributed by atoms with van der Waals surface area (Å²) in [6.07, 6.45) is 20.2. The highest BCUT2D eigenvalue weighted by molar-refractivity contribution is 5.46. The molecule has 2 nitrogen and oxygen atoms in total. The predicted octanol–water partition coefficient (Wildman–Crippen LogP) is 4.12. The lowest BCUT2D eigenvalue weighted by atomic mass is 9.72. The van der Waals surface area contributed by atoms with Crippen molar-refractivity contribution in [2.45, 2.75) is 37.8 Å². The average molecular weight is 293 g/mol. The Bertz CT molecular complexity index is 647. The molecule has 4 atom stereocenters. The van der Waals surface area contributed by atoms with Crippen LogP contribution in [0.5, 0.6) is 0 Å². The summed E-state index contributed by atoms with van der Waals surface area (Å²) in [4.78, 5) is 0. The number of aliphatic hydroxyl groups is 1. The number of rotatable bonds is 2. The van der Waals surface area contributed by atoms with Gasteiger partial charge in [0, 0.05) is 12.0 Å². The van der Waals surface area contributed by atoms with E-state index in [1.807, 2.05) is 0 Å². The first kappa shape index (κ1) is 13.8. The van der Waals surface area contributed by atoms with Crippen LogP contribution in [-0.4, -0.2) is 17.2 Å². The summed E-state index contributed by atoms with van der Waals surface area (Å²) in [5.41, 5.74) is 4.38. The van der Waals surface area contributed by atoms with Crippen LogP contribution in [0.25, 0.3) is 0 Å². The normalized spacial score (nSPS) is 36.1. The van der Waals surface area contributed by atoms with Gasteiger partial charge in [-0.1, -0.05) is 49.1 Å². The molecule has 4 rings (SSSR count).